The van der Waals surface area contributed by atoms with Gasteiger partial charge in [0.1, 0.15) is 5.82 Å². The van der Waals surface area contributed by atoms with Gasteiger partial charge in [0.05, 0.1) is 12.2 Å². The molecule has 3 atom stereocenters. The topological polar surface area (TPSA) is 56.0 Å². The van der Waals surface area contributed by atoms with Crippen molar-refractivity contribution in [3.63, 3.8) is 0 Å². The lowest BCUT2D eigenvalue weighted by Gasteiger charge is -2.34. The summed E-state index contributed by atoms with van der Waals surface area (Å²) in [7, 11) is 1.92. The molecule has 3 heterocycles. The molecule has 2 aromatic heterocycles. The third-order valence-corrected chi connectivity index (χ3v) is 5.22. The van der Waals surface area contributed by atoms with Gasteiger partial charge in [0, 0.05) is 44.6 Å². The highest BCUT2D eigenvalue weighted by Crippen LogP contribution is 2.48. The summed E-state index contributed by atoms with van der Waals surface area (Å²) >= 11 is 0. The van der Waals surface area contributed by atoms with Gasteiger partial charge in [0.15, 0.2) is 0 Å². The molecule has 6 nitrogen and oxygen atoms in total. The van der Waals surface area contributed by atoms with Crippen LogP contribution in [0.25, 0.3) is 0 Å². The van der Waals surface area contributed by atoms with Gasteiger partial charge in [-0.3, -0.25) is 9.48 Å². The van der Waals surface area contributed by atoms with E-state index in [2.05, 4.69) is 19.5 Å². The quantitative estimate of drug-likeness (QED) is 0.869. The number of amides is 1. The molecule has 1 aliphatic heterocycles. The number of piperidine rings is 1. The summed E-state index contributed by atoms with van der Waals surface area (Å²) in [5.41, 5.74) is 1.20. The van der Waals surface area contributed by atoms with Crippen molar-refractivity contribution in [2.75, 3.05) is 13.1 Å². The fourth-order valence-corrected chi connectivity index (χ4v) is 3.86. The number of likely N-dealkylation sites (tertiary alicyclic amines) is 1. The fraction of sp³-hybridized carbons (Fsp3) is 0.588. The van der Waals surface area contributed by atoms with Gasteiger partial charge in [0.2, 0.25) is 5.91 Å². The second-order valence-corrected chi connectivity index (χ2v) is 6.86. The number of aromatic nitrogens is 4. The highest BCUT2D eigenvalue weighted by atomic mass is 16.2. The first-order valence-electron chi connectivity index (χ1n) is 8.40. The van der Waals surface area contributed by atoms with E-state index in [1.807, 2.05) is 43.4 Å². The van der Waals surface area contributed by atoms with E-state index >= 15 is 0 Å². The Hall–Kier alpha value is -2.11. The summed E-state index contributed by atoms with van der Waals surface area (Å²) in [4.78, 5) is 19.2. The highest BCUT2D eigenvalue weighted by Gasteiger charge is 2.46. The van der Waals surface area contributed by atoms with Crippen molar-refractivity contribution in [2.45, 2.75) is 38.1 Å². The van der Waals surface area contributed by atoms with Gasteiger partial charge in [-0.15, -0.1) is 0 Å². The Bertz CT molecular complexity index is 718. The predicted octanol–water partition coefficient (Wildman–Crippen LogP) is 1.89. The van der Waals surface area contributed by atoms with E-state index in [0.29, 0.717) is 17.9 Å². The highest BCUT2D eigenvalue weighted by molar-refractivity contribution is 5.83. The van der Waals surface area contributed by atoms with Crippen LogP contribution in [0, 0.1) is 12.8 Å². The van der Waals surface area contributed by atoms with Crippen molar-refractivity contribution in [3.05, 3.63) is 36.2 Å². The summed E-state index contributed by atoms with van der Waals surface area (Å²) in [6.07, 6.45) is 11.0. The smallest absolute Gasteiger partial charge is 0.226 e. The van der Waals surface area contributed by atoms with Gasteiger partial charge in [-0.05, 0) is 37.7 Å². The lowest BCUT2D eigenvalue weighted by molar-refractivity contribution is -0.134. The lowest BCUT2D eigenvalue weighted by Crippen LogP contribution is -2.41. The molecule has 122 valence electrons. The molecule has 2 aliphatic rings. The summed E-state index contributed by atoms with van der Waals surface area (Å²) in [5, 5.41) is 4.22. The Kier molecular flexibility index (Phi) is 3.47. The van der Waals surface area contributed by atoms with Crippen LogP contribution < -0.4 is 0 Å². The first-order chi connectivity index (χ1) is 11.1. The first kappa shape index (κ1) is 14.5. The first-order valence-corrected chi connectivity index (χ1v) is 8.40. The standard InChI is InChI=1S/C17H23N5O/c1-12-18-5-7-22(12)14-4-3-6-21(11-14)17(23)16-8-15(16)13-9-19-20(2)10-13/h5,7,9-10,14-16H,3-4,6,8,11H2,1-2H3. The molecule has 6 heteroatoms. The Labute approximate surface area is 136 Å². The van der Waals surface area contributed by atoms with Crippen molar-refractivity contribution in [1.29, 1.82) is 0 Å². The Morgan fingerprint density at radius 3 is 2.96 bits per heavy atom. The average molecular weight is 313 g/mol. The Morgan fingerprint density at radius 2 is 2.26 bits per heavy atom. The number of rotatable bonds is 3. The van der Waals surface area contributed by atoms with Crippen LogP contribution in [-0.4, -0.2) is 43.2 Å². The molecule has 0 aromatic carbocycles. The molecule has 2 fully saturated rings. The van der Waals surface area contributed by atoms with E-state index in [1.54, 1.807) is 0 Å². The number of nitrogens with zero attached hydrogens (tertiary/aromatic N) is 5. The molecule has 1 saturated carbocycles. The number of aryl methyl sites for hydroxylation is 2. The number of carbonyl (C=O) groups excluding carboxylic acids is 1. The molecule has 1 amide bonds. The van der Waals surface area contributed by atoms with Crippen molar-refractivity contribution >= 4 is 5.91 Å². The largest absolute Gasteiger partial charge is 0.340 e. The van der Waals surface area contributed by atoms with Gasteiger partial charge < -0.3 is 9.47 Å². The normalized spacial score (nSPS) is 27.2. The maximum Gasteiger partial charge on any atom is 0.226 e. The number of imidazole rings is 1. The van der Waals surface area contributed by atoms with Crippen LogP contribution in [0.3, 0.4) is 0 Å². The molecule has 1 aliphatic carbocycles. The molecule has 23 heavy (non-hydrogen) atoms. The van der Waals surface area contributed by atoms with Gasteiger partial charge in [-0.1, -0.05) is 0 Å². The summed E-state index contributed by atoms with van der Waals surface area (Å²) < 4.78 is 4.03. The fourth-order valence-electron chi connectivity index (χ4n) is 3.86. The lowest BCUT2D eigenvalue weighted by atomic mass is 10.0. The van der Waals surface area contributed by atoms with Gasteiger partial charge >= 0.3 is 0 Å². The van der Waals surface area contributed by atoms with Crippen LogP contribution in [0.5, 0.6) is 0 Å². The zero-order valence-corrected chi connectivity index (χ0v) is 13.7. The van der Waals surface area contributed by atoms with Crippen molar-refractivity contribution in [2.24, 2.45) is 13.0 Å². The van der Waals surface area contributed by atoms with Crippen molar-refractivity contribution in [3.8, 4) is 0 Å². The second kappa shape index (κ2) is 5.51. The predicted molar refractivity (Wildman–Crippen MR) is 85.9 cm³/mol. The van der Waals surface area contributed by atoms with Crippen LogP contribution in [-0.2, 0) is 11.8 Å². The molecule has 2 aromatic rings. The average Bonchev–Trinajstić information content (AvgIpc) is 3.05. The zero-order chi connectivity index (χ0) is 16.0. The van der Waals surface area contributed by atoms with Crippen molar-refractivity contribution in [1.82, 2.24) is 24.2 Å². The maximum atomic E-state index is 12.8. The third kappa shape index (κ3) is 2.66. The van der Waals surface area contributed by atoms with Crippen LogP contribution in [0.1, 0.15) is 42.6 Å². The molecule has 4 rings (SSSR count). The van der Waals surface area contributed by atoms with Gasteiger partial charge in [-0.2, -0.15) is 5.10 Å². The van der Waals surface area contributed by atoms with Crippen LogP contribution >= 0.6 is 0 Å². The number of hydrogen-bond donors (Lipinski definition) is 0. The van der Waals surface area contributed by atoms with E-state index in [0.717, 1.165) is 38.2 Å². The monoisotopic (exact) mass is 313 g/mol. The van der Waals surface area contributed by atoms with E-state index in [1.165, 1.54) is 5.56 Å². The SMILES string of the molecule is Cc1nccn1C1CCCN(C(=O)C2CC2c2cnn(C)c2)C1. The van der Waals surface area contributed by atoms with Crippen LogP contribution in [0.15, 0.2) is 24.8 Å². The number of carbonyl (C=O) groups is 1. The van der Waals surface area contributed by atoms with Gasteiger partial charge in [0.25, 0.3) is 0 Å². The van der Waals surface area contributed by atoms with E-state index < -0.39 is 0 Å². The molecule has 0 radical (unpaired) electrons. The van der Waals surface area contributed by atoms with Crippen LogP contribution in [0.2, 0.25) is 0 Å². The summed E-state index contributed by atoms with van der Waals surface area (Å²) in [6, 6.07) is 0.366. The third-order valence-electron chi connectivity index (χ3n) is 5.22. The summed E-state index contributed by atoms with van der Waals surface area (Å²) in [5.74, 6) is 1.87. The Morgan fingerprint density at radius 1 is 1.39 bits per heavy atom. The zero-order valence-electron chi connectivity index (χ0n) is 13.7. The second-order valence-electron chi connectivity index (χ2n) is 6.86. The molecule has 0 N–H and O–H groups in total. The van der Waals surface area contributed by atoms with E-state index in [9.17, 15) is 4.79 Å². The molecular weight excluding hydrogens is 290 g/mol. The van der Waals surface area contributed by atoms with Crippen molar-refractivity contribution < 1.29 is 4.79 Å². The van der Waals surface area contributed by atoms with Crippen LogP contribution in [0.4, 0.5) is 0 Å². The van der Waals surface area contributed by atoms with E-state index in [4.69, 9.17) is 0 Å². The molecule has 0 bridgehead atoms. The molecule has 3 unspecified atom stereocenters. The minimum atomic E-state index is 0.154. The Balaban J connectivity index is 1.42. The maximum absolute atomic E-state index is 12.8. The molecule has 1 saturated heterocycles. The minimum absolute atomic E-state index is 0.154. The summed E-state index contributed by atoms with van der Waals surface area (Å²) in [6.45, 7) is 3.73. The van der Waals surface area contributed by atoms with E-state index in [-0.39, 0.29) is 5.92 Å². The molecular formula is C17H23N5O. The number of hydrogen-bond acceptors (Lipinski definition) is 3. The van der Waals surface area contributed by atoms with Gasteiger partial charge in [-0.25, -0.2) is 4.98 Å². The molecule has 0 spiro atoms. The minimum Gasteiger partial charge on any atom is -0.340 e.